The van der Waals surface area contributed by atoms with Crippen molar-refractivity contribution in [2.24, 2.45) is 0 Å². The van der Waals surface area contributed by atoms with Gasteiger partial charge in [0.2, 0.25) is 0 Å². The highest BCUT2D eigenvalue weighted by Crippen LogP contribution is 2.25. The fourth-order valence-corrected chi connectivity index (χ4v) is 0.728. The second-order valence-corrected chi connectivity index (χ2v) is 2.84. The summed E-state index contributed by atoms with van der Waals surface area (Å²) in [6.07, 6.45) is 1.49. The SMILES string of the molecule is C=CCO[PH](=O)OBr. The summed E-state index contributed by atoms with van der Waals surface area (Å²) >= 11 is 2.52. The average Bonchev–Trinajstić information content (AvgIpc) is 1.83. The van der Waals surface area contributed by atoms with Crippen molar-refractivity contribution in [1.82, 2.24) is 0 Å². The molecule has 1 unspecified atom stereocenters. The summed E-state index contributed by atoms with van der Waals surface area (Å²) in [4.78, 5) is 0. The van der Waals surface area contributed by atoms with E-state index in [0.717, 1.165) is 0 Å². The van der Waals surface area contributed by atoms with Crippen LogP contribution >= 0.6 is 24.5 Å². The number of rotatable bonds is 4. The van der Waals surface area contributed by atoms with Crippen LogP contribution in [0.3, 0.4) is 0 Å². The van der Waals surface area contributed by atoms with Crippen LogP contribution in [0, 0.1) is 0 Å². The topological polar surface area (TPSA) is 35.5 Å². The van der Waals surface area contributed by atoms with Crippen molar-refractivity contribution in [3.63, 3.8) is 0 Å². The Labute approximate surface area is 57.1 Å². The Morgan fingerprint density at radius 1 is 1.88 bits per heavy atom. The summed E-state index contributed by atoms with van der Waals surface area (Å²) in [5, 5.41) is 0. The van der Waals surface area contributed by atoms with E-state index in [1.165, 1.54) is 6.08 Å². The molecule has 0 bridgehead atoms. The maximum atomic E-state index is 10.2. The van der Waals surface area contributed by atoms with E-state index in [1.54, 1.807) is 0 Å². The molecule has 0 saturated carbocycles. The molecule has 0 rings (SSSR count). The molecule has 0 aromatic rings. The smallest absolute Gasteiger partial charge is 0.306 e. The van der Waals surface area contributed by atoms with Crippen molar-refractivity contribution in [3.8, 4) is 0 Å². The molecule has 8 heavy (non-hydrogen) atoms. The van der Waals surface area contributed by atoms with Gasteiger partial charge in [-0.1, -0.05) is 6.08 Å². The van der Waals surface area contributed by atoms with Crippen LogP contribution < -0.4 is 0 Å². The van der Waals surface area contributed by atoms with Gasteiger partial charge < -0.3 is 4.52 Å². The van der Waals surface area contributed by atoms with Crippen LogP contribution in [0.4, 0.5) is 0 Å². The minimum atomic E-state index is -2.30. The third kappa shape index (κ3) is 4.53. The number of hydrogen-bond donors (Lipinski definition) is 0. The summed E-state index contributed by atoms with van der Waals surface area (Å²) in [5.74, 6) is 0. The van der Waals surface area contributed by atoms with Crippen LogP contribution in [0.2, 0.25) is 0 Å². The Morgan fingerprint density at radius 2 is 2.50 bits per heavy atom. The quantitative estimate of drug-likeness (QED) is 0.514. The highest BCUT2D eigenvalue weighted by atomic mass is 79.9. The van der Waals surface area contributed by atoms with Crippen LogP contribution in [-0.4, -0.2) is 6.61 Å². The van der Waals surface area contributed by atoms with Crippen molar-refractivity contribution < 1.29 is 12.7 Å². The first kappa shape index (κ1) is 8.37. The van der Waals surface area contributed by atoms with E-state index in [9.17, 15) is 4.57 Å². The average molecular weight is 201 g/mol. The molecule has 1 atom stereocenters. The zero-order valence-corrected chi connectivity index (χ0v) is 6.68. The molecular weight excluding hydrogens is 195 g/mol. The van der Waals surface area contributed by atoms with Crippen molar-refractivity contribution in [2.75, 3.05) is 6.61 Å². The van der Waals surface area contributed by atoms with Gasteiger partial charge in [-0.2, -0.15) is 0 Å². The molecule has 0 radical (unpaired) electrons. The van der Waals surface area contributed by atoms with Gasteiger partial charge in [-0.25, -0.2) is 3.62 Å². The predicted octanol–water partition coefficient (Wildman–Crippen LogP) is 1.91. The lowest BCUT2D eigenvalue weighted by Gasteiger charge is -1.92. The molecule has 0 aliphatic rings. The maximum absolute atomic E-state index is 10.2. The van der Waals surface area contributed by atoms with Crippen LogP contribution in [0.5, 0.6) is 0 Å². The predicted molar refractivity (Wildman–Crippen MR) is 35.2 cm³/mol. The first-order valence-corrected chi connectivity index (χ1v) is 3.74. The van der Waals surface area contributed by atoms with E-state index >= 15 is 0 Å². The summed E-state index contributed by atoms with van der Waals surface area (Å²) in [6.45, 7) is 3.60. The van der Waals surface area contributed by atoms with Crippen molar-refractivity contribution in [1.29, 1.82) is 0 Å². The van der Waals surface area contributed by atoms with E-state index in [0.29, 0.717) is 0 Å². The molecule has 0 saturated heterocycles. The van der Waals surface area contributed by atoms with Gasteiger partial charge in [-0.3, -0.25) is 4.57 Å². The lowest BCUT2D eigenvalue weighted by Crippen LogP contribution is -1.76. The van der Waals surface area contributed by atoms with Gasteiger partial charge in [0.1, 0.15) is 16.3 Å². The summed E-state index contributed by atoms with van der Waals surface area (Å²) in [6, 6.07) is 0. The van der Waals surface area contributed by atoms with E-state index in [2.05, 4.69) is 31.0 Å². The molecule has 0 fully saturated rings. The van der Waals surface area contributed by atoms with Gasteiger partial charge in [0.15, 0.2) is 0 Å². The van der Waals surface area contributed by atoms with Crippen molar-refractivity contribution in [2.45, 2.75) is 0 Å². The first-order chi connectivity index (χ1) is 3.81. The van der Waals surface area contributed by atoms with Crippen molar-refractivity contribution in [3.05, 3.63) is 12.7 Å². The Hall–Kier alpha value is 0.370. The third-order valence-corrected chi connectivity index (χ3v) is 1.70. The molecular formula is C3H6BrO3P. The van der Waals surface area contributed by atoms with E-state index in [-0.39, 0.29) is 6.61 Å². The molecule has 0 aromatic carbocycles. The maximum Gasteiger partial charge on any atom is 0.330 e. The molecule has 0 amide bonds. The van der Waals surface area contributed by atoms with Gasteiger partial charge in [0.05, 0.1) is 6.61 Å². The molecule has 48 valence electrons. The molecule has 0 spiro atoms. The van der Waals surface area contributed by atoms with Gasteiger partial charge in [-0.15, -0.1) is 6.58 Å². The molecule has 0 aliphatic carbocycles. The van der Waals surface area contributed by atoms with Gasteiger partial charge in [-0.05, 0) is 0 Å². The summed E-state index contributed by atoms with van der Waals surface area (Å²) in [7, 11) is -2.30. The fourth-order valence-electron chi connectivity index (χ4n) is 0.149. The summed E-state index contributed by atoms with van der Waals surface area (Å²) in [5.41, 5.74) is 0. The highest BCUT2D eigenvalue weighted by molar-refractivity contribution is 9.06. The highest BCUT2D eigenvalue weighted by Gasteiger charge is 1.91. The Balaban J connectivity index is 3.11. The van der Waals surface area contributed by atoms with Gasteiger partial charge >= 0.3 is 8.25 Å². The standard InChI is InChI=1S/C3H6BrO3P/c1-2-3-6-8(5)7-4/h2,8H,1,3H2. The molecule has 0 aromatic heterocycles. The monoisotopic (exact) mass is 200 g/mol. The lowest BCUT2D eigenvalue weighted by atomic mass is 10.7. The molecule has 5 heteroatoms. The second-order valence-electron chi connectivity index (χ2n) is 0.927. The van der Waals surface area contributed by atoms with Gasteiger partial charge in [0.25, 0.3) is 0 Å². The number of hydrogen-bond acceptors (Lipinski definition) is 3. The van der Waals surface area contributed by atoms with Crippen molar-refractivity contribution >= 4 is 24.5 Å². The minimum absolute atomic E-state index is 0.253. The van der Waals surface area contributed by atoms with Gasteiger partial charge in [0, 0.05) is 0 Å². The molecule has 0 aliphatic heterocycles. The zero-order chi connectivity index (χ0) is 6.41. The van der Waals surface area contributed by atoms with Crippen LogP contribution in [-0.2, 0) is 12.7 Å². The molecule has 3 nitrogen and oxygen atoms in total. The fraction of sp³-hybridized carbons (Fsp3) is 0.333. The van der Waals surface area contributed by atoms with E-state index in [1.807, 2.05) is 0 Å². The lowest BCUT2D eigenvalue weighted by molar-refractivity contribution is 0.332. The zero-order valence-electron chi connectivity index (χ0n) is 4.09. The summed E-state index contributed by atoms with van der Waals surface area (Å²) < 4.78 is 18.9. The molecule has 0 N–H and O–H groups in total. The molecule has 0 heterocycles. The van der Waals surface area contributed by atoms with Crippen LogP contribution in [0.15, 0.2) is 12.7 Å². The normalized spacial score (nSPS) is 13.1. The second kappa shape index (κ2) is 5.51. The largest absolute Gasteiger partial charge is 0.330 e. The third-order valence-electron chi connectivity index (χ3n) is 0.382. The Kier molecular flexibility index (Phi) is 5.76. The Morgan fingerprint density at radius 3 is 2.88 bits per heavy atom. The Bertz CT molecular complexity index is 94.5. The minimum Gasteiger partial charge on any atom is -0.306 e. The number of halogens is 1. The van der Waals surface area contributed by atoms with Crippen LogP contribution in [0.25, 0.3) is 0 Å². The van der Waals surface area contributed by atoms with Crippen LogP contribution in [0.1, 0.15) is 0 Å². The van der Waals surface area contributed by atoms with E-state index < -0.39 is 8.25 Å². The first-order valence-electron chi connectivity index (χ1n) is 1.87. The van der Waals surface area contributed by atoms with E-state index in [4.69, 9.17) is 0 Å².